The number of hydrogen-bond acceptors (Lipinski definition) is 2. The molecule has 0 aromatic heterocycles. The Balaban J connectivity index is 2.30. The van der Waals surface area contributed by atoms with Crippen molar-refractivity contribution in [2.45, 2.75) is 19.8 Å². The minimum absolute atomic E-state index is 0.179. The molecule has 0 radical (unpaired) electrons. The van der Waals surface area contributed by atoms with Crippen LogP contribution in [-0.4, -0.2) is 25.5 Å². The third-order valence-corrected chi connectivity index (χ3v) is 2.98. The van der Waals surface area contributed by atoms with Gasteiger partial charge in [-0.1, -0.05) is 25.1 Å². The molecule has 16 heavy (non-hydrogen) atoms. The third kappa shape index (κ3) is 2.25. The molecule has 1 amide bonds. The molecule has 1 heterocycles. The fourth-order valence-corrected chi connectivity index (χ4v) is 2.11. The number of nitrogens with zero attached hydrogens (tertiary/aromatic N) is 1. The van der Waals surface area contributed by atoms with Gasteiger partial charge in [-0.05, 0) is 31.0 Å². The standard InChI is InChI=1S/C13H18N2O/c1-2-11-6-3-4-7-12(11)15-9-5-8-14-10-13(15)16/h3-4,6-7,14H,2,5,8-10H2,1H3. The van der Waals surface area contributed by atoms with Gasteiger partial charge in [-0.25, -0.2) is 0 Å². The van der Waals surface area contributed by atoms with E-state index in [1.807, 2.05) is 23.1 Å². The number of rotatable bonds is 2. The van der Waals surface area contributed by atoms with Crippen molar-refractivity contribution in [3.63, 3.8) is 0 Å². The molecule has 0 spiro atoms. The van der Waals surface area contributed by atoms with Crippen LogP contribution in [0.25, 0.3) is 0 Å². The first-order valence-electron chi connectivity index (χ1n) is 5.92. The van der Waals surface area contributed by atoms with Gasteiger partial charge in [0, 0.05) is 12.2 Å². The zero-order valence-corrected chi connectivity index (χ0v) is 9.70. The molecule has 0 aliphatic carbocycles. The molecule has 0 bridgehead atoms. The smallest absolute Gasteiger partial charge is 0.240 e. The summed E-state index contributed by atoms with van der Waals surface area (Å²) in [6.45, 7) is 4.33. The van der Waals surface area contributed by atoms with Gasteiger partial charge in [0.25, 0.3) is 0 Å². The highest BCUT2D eigenvalue weighted by molar-refractivity contribution is 5.95. The molecule has 0 atom stereocenters. The first kappa shape index (κ1) is 11.1. The van der Waals surface area contributed by atoms with Gasteiger partial charge in [0.2, 0.25) is 5.91 Å². The number of carbonyl (C=O) groups is 1. The van der Waals surface area contributed by atoms with Crippen LogP contribution in [-0.2, 0) is 11.2 Å². The lowest BCUT2D eigenvalue weighted by molar-refractivity contribution is -0.117. The molecule has 1 aliphatic heterocycles. The maximum absolute atomic E-state index is 11.9. The zero-order valence-electron chi connectivity index (χ0n) is 9.70. The number of amides is 1. The SMILES string of the molecule is CCc1ccccc1N1CCCNCC1=O. The van der Waals surface area contributed by atoms with E-state index in [0.717, 1.165) is 31.6 Å². The number of hydrogen-bond donors (Lipinski definition) is 1. The first-order valence-corrected chi connectivity index (χ1v) is 5.92. The molecule has 0 saturated carbocycles. The van der Waals surface area contributed by atoms with Crippen molar-refractivity contribution >= 4 is 11.6 Å². The van der Waals surface area contributed by atoms with Crippen molar-refractivity contribution in [1.29, 1.82) is 0 Å². The maximum Gasteiger partial charge on any atom is 0.240 e. The van der Waals surface area contributed by atoms with Crippen molar-refractivity contribution in [3.8, 4) is 0 Å². The van der Waals surface area contributed by atoms with E-state index in [1.165, 1.54) is 5.56 Å². The van der Waals surface area contributed by atoms with Crippen LogP contribution in [0.15, 0.2) is 24.3 Å². The summed E-state index contributed by atoms with van der Waals surface area (Å²) in [5.41, 5.74) is 2.33. The quantitative estimate of drug-likeness (QED) is 0.817. The van der Waals surface area contributed by atoms with E-state index in [4.69, 9.17) is 0 Å². The Labute approximate surface area is 96.5 Å². The Hall–Kier alpha value is -1.35. The average molecular weight is 218 g/mol. The van der Waals surface area contributed by atoms with E-state index in [0.29, 0.717) is 6.54 Å². The van der Waals surface area contributed by atoms with Crippen LogP contribution in [0.3, 0.4) is 0 Å². The molecule has 1 aromatic carbocycles. The Morgan fingerprint density at radius 3 is 3.00 bits per heavy atom. The van der Waals surface area contributed by atoms with Crippen LogP contribution in [0.5, 0.6) is 0 Å². The zero-order chi connectivity index (χ0) is 11.4. The molecule has 1 fully saturated rings. The minimum Gasteiger partial charge on any atom is -0.311 e. The molecule has 3 heteroatoms. The summed E-state index contributed by atoms with van der Waals surface area (Å²) in [7, 11) is 0. The molecule has 3 nitrogen and oxygen atoms in total. The second-order valence-corrected chi connectivity index (χ2v) is 4.06. The molecular weight excluding hydrogens is 200 g/mol. The number of nitrogens with one attached hydrogen (secondary N) is 1. The minimum atomic E-state index is 0.179. The van der Waals surface area contributed by atoms with E-state index in [2.05, 4.69) is 18.3 Å². The van der Waals surface area contributed by atoms with Crippen molar-refractivity contribution in [3.05, 3.63) is 29.8 Å². The van der Waals surface area contributed by atoms with Crippen LogP contribution in [0.1, 0.15) is 18.9 Å². The second-order valence-electron chi connectivity index (χ2n) is 4.06. The average Bonchev–Trinajstić information content (AvgIpc) is 2.54. The number of para-hydroxylation sites is 1. The van der Waals surface area contributed by atoms with Crippen LogP contribution < -0.4 is 10.2 Å². The summed E-state index contributed by atoms with van der Waals surface area (Å²) in [5, 5.41) is 3.14. The van der Waals surface area contributed by atoms with Gasteiger partial charge in [-0.3, -0.25) is 4.79 Å². The summed E-state index contributed by atoms with van der Waals surface area (Å²) >= 11 is 0. The van der Waals surface area contributed by atoms with Crippen LogP contribution >= 0.6 is 0 Å². The molecular formula is C13H18N2O. The van der Waals surface area contributed by atoms with Crippen LogP contribution in [0, 0.1) is 0 Å². The first-order chi connectivity index (χ1) is 7.83. The number of benzene rings is 1. The Morgan fingerprint density at radius 1 is 1.38 bits per heavy atom. The highest BCUT2D eigenvalue weighted by Crippen LogP contribution is 2.21. The maximum atomic E-state index is 11.9. The summed E-state index contributed by atoms with van der Waals surface area (Å²) in [4.78, 5) is 13.9. The lowest BCUT2D eigenvalue weighted by Gasteiger charge is -2.22. The van der Waals surface area contributed by atoms with E-state index in [1.54, 1.807) is 0 Å². The molecule has 1 aromatic rings. The van der Waals surface area contributed by atoms with Crippen molar-refractivity contribution < 1.29 is 4.79 Å². The Morgan fingerprint density at radius 2 is 2.19 bits per heavy atom. The van der Waals surface area contributed by atoms with Gasteiger partial charge >= 0.3 is 0 Å². The second kappa shape index (κ2) is 5.12. The van der Waals surface area contributed by atoms with Gasteiger partial charge in [-0.2, -0.15) is 0 Å². The summed E-state index contributed by atoms with van der Waals surface area (Å²) in [6, 6.07) is 8.17. The van der Waals surface area contributed by atoms with Crippen molar-refractivity contribution in [2.24, 2.45) is 0 Å². The Kier molecular flexibility index (Phi) is 3.57. The fourth-order valence-electron chi connectivity index (χ4n) is 2.11. The van der Waals surface area contributed by atoms with Crippen molar-refractivity contribution in [1.82, 2.24) is 5.32 Å². The lowest BCUT2D eigenvalue weighted by Crippen LogP contribution is -2.35. The third-order valence-electron chi connectivity index (χ3n) is 2.98. The van der Waals surface area contributed by atoms with Crippen LogP contribution in [0.4, 0.5) is 5.69 Å². The summed E-state index contributed by atoms with van der Waals surface area (Å²) in [6.07, 6.45) is 1.98. The number of anilines is 1. The summed E-state index contributed by atoms with van der Waals surface area (Å²) in [5.74, 6) is 0.179. The molecule has 0 unspecified atom stereocenters. The lowest BCUT2D eigenvalue weighted by atomic mass is 10.1. The number of carbonyl (C=O) groups excluding carboxylic acids is 1. The van der Waals surface area contributed by atoms with Gasteiger partial charge in [0.1, 0.15) is 0 Å². The molecule has 2 rings (SSSR count). The molecule has 1 N–H and O–H groups in total. The Bertz CT molecular complexity index is 376. The molecule has 1 aliphatic rings. The molecule has 86 valence electrons. The monoisotopic (exact) mass is 218 g/mol. The highest BCUT2D eigenvalue weighted by Gasteiger charge is 2.19. The molecule has 1 saturated heterocycles. The van der Waals surface area contributed by atoms with Gasteiger partial charge in [0.05, 0.1) is 6.54 Å². The van der Waals surface area contributed by atoms with Crippen LogP contribution in [0.2, 0.25) is 0 Å². The van der Waals surface area contributed by atoms with Crippen molar-refractivity contribution in [2.75, 3.05) is 24.5 Å². The van der Waals surface area contributed by atoms with Gasteiger partial charge in [0.15, 0.2) is 0 Å². The highest BCUT2D eigenvalue weighted by atomic mass is 16.2. The topological polar surface area (TPSA) is 32.3 Å². The summed E-state index contributed by atoms with van der Waals surface area (Å²) < 4.78 is 0. The van der Waals surface area contributed by atoms with E-state index in [9.17, 15) is 4.79 Å². The normalized spacial score (nSPS) is 17.3. The van der Waals surface area contributed by atoms with Gasteiger partial charge < -0.3 is 10.2 Å². The predicted molar refractivity (Wildman–Crippen MR) is 65.7 cm³/mol. The van der Waals surface area contributed by atoms with E-state index in [-0.39, 0.29) is 5.91 Å². The van der Waals surface area contributed by atoms with E-state index >= 15 is 0 Å². The van der Waals surface area contributed by atoms with E-state index < -0.39 is 0 Å². The number of aryl methyl sites for hydroxylation is 1. The predicted octanol–water partition coefficient (Wildman–Crippen LogP) is 1.58. The largest absolute Gasteiger partial charge is 0.311 e. The fraction of sp³-hybridized carbons (Fsp3) is 0.462. The van der Waals surface area contributed by atoms with Gasteiger partial charge in [-0.15, -0.1) is 0 Å².